The number of hydrogen-bond acceptors (Lipinski definition) is 4. The maximum absolute atomic E-state index is 13.2. The van der Waals surface area contributed by atoms with E-state index < -0.39 is 28.8 Å². The zero-order valence-electron chi connectivity index (χ0n) is 13.6. The third-order valence-corrected chi connectivity index (χ3v) is 3.42. The molecule has 0 unspecified atom stereocenters. The fourth-order valence-corrected chi connectivity index (χ4v) is 2.23. The number of alkyl halides is 3. The Hall–Kier alpha value is -2.68. The molecule has 0 saturated carbocycles. The number of halogens is 3. The van der Waals surface area contributed by atoms with Gasteiger partial charge in [0.1, 0.15) is 0 Å². The lowest BCUT2D eigenvalue weighted by molar-refractivity contribution is -0.137. The smallest absolute Gasteiger partial charge is 0.349 e. The number of aryl methyl sites for hydroxylation is 1. The van der Waals surface area contributed by atoms with Gasteiger partial charge in [0.25, 0.3) is 5.91 Å². The van der Waals surface area contributed by atoms with Crippen LogP contribution in [0.15, 0.2) is 35.1 Å². The van der Waals surface area contributed by atoms with Gasteiger partial charge in [0.15, 0.2) is 5.69 Å². The zero-order valence-corrected chi connectivity index (χ0v) is 13.6. The second-order valence-electron chi connectivity index (χ2n) is 5.28. The molecule has 0 aliphatic carbocycles. The molecule has 0 atom stereocenters. The average molecular weight is 354 g/mol. The minimum atomic E-state index is -4.59. The molecule has 0 radical (unpaired) electrons. The van der Waals surface area contributed by atoms with E-state index in [0.29, 0.717) is 6.54 Å². The fraction of sp³-hybridized carbons (Fsp3) is 0.312. The minimum absolute atomic E-state index is 0.188. The van der Waals surface area contributed by atoms with E-state index in [1.54, 1.807) is 7.05 Å². The molecule has 0 bridgehead atoms. The van der Waals surface area contributed by atoms with Crippen molar-refractivity contribution in [1.29, 1.82) is 0 Å². The molecule has 6 nitrogen and oxygen atoms in total. The van der Waals surface area contributed by atoms with Crippen LogP contribution in [0, 0.1) is 6.92 Å². The number of benzene rings is 1. The molecule has 0 saturated heterocycles. The van der Waals surface area contributed by atoms with Crippen molar-refractivity contribution >= 4 is 5.91 Å². The molecule has 0 spiro atoms. The normalized spacial score (nSPS) is 11.4. The first-order valence-corrected chi connectivity index (χ1v) is 7.46. The number of amides is 1. The van der Waals surface area contributed by atoms with Crippen LogP contribution in [0.5, 0.6) is 0 Å². The first-order valence-electron chi connectivity index (χ1n) is 7.46. The highest BCUT2D eigenvalue weighted by Crippen LogP contribution is 2.33. The number of nitrogens with zero attached hydrogens (tertiary/aromatic N) is 2. The summed E-state index contributed by atoms with van der Waals surface area (Å²) in [5, 5.41) is 9.17. The minimum Gasteiger partial charge on any atom is -0.349 e. The third-order valence-electron chi connectivity index (χ3n) is 3.42. The van der Waals surface area contributed by atoms with E-state index in [-0.39, 0.29) is 17.9 Å². The van der Waals surface area contributed by atoms with Crippen molar-refractivity contribution in [3.63, 3.8) is 0 Å². The predicted octanol–water partition coefficient (Wildman–Crippen LogP) is 1.51. The van der Waals surface area contributed by atoms with Crippen LogP contribution in [0.4, 0.5) is 13.2 Å². The van der Waals surface area contributed by atoms with Gasteiger partial charge in [-0.2, -0.15) is 18.3 Å². The largest absolute Gasteiger partial charge is 0.418 e. The molecule has 25 heavy (non-hydrogen) atoms. The lowest BCUT2D eigenvalue weighted by Gasteiger charge is -2.16. The standard InChI is InChI=1S/C16H17F3N4O2/c1-10-9-13(24)14(15(25)21-8-7-20-2)22-23(10)12-6-4-3-5-11(12)16(17,18)19/h3-6,9,20H,7-8H2,1-2H3,(H,21,25). The number of hydrogen-bond donors (Lipinski definition) is 2. The van der Waals surface area contributed by atoms with Crippen LogP contribution >= 0.6 is 0 Å². The molecule has 2 rings (SSSR count). The Kier molecular flexibility index (Phi) is 5.58. The van der Waals surface area contributed by atoms with Crippen LogP contribution in [0.3, 0.4) is 0 Å². The van der Waals surface area contributed by atoms with E-state index in [1.807, 2.05) is 0 Å². The van der Waals surface area contributed by atoms with Gasteiger partial charge in [-0.25, -0.2) is 4.68 Å². The van der Waals surface area contributed by atoms with E-state index in [1.165, 1.54) is 25.1 Å². The maximum Gasteiger partial charge on any atom is 0.418 e. The fourth-order valence-electron chi connectivity index (χ4n) is 2.23. The highest BCUT2D eigenvalue weighted by Gasteiger charge is 2.34. The van der Waals surface area contributed by atoms with Crippen molar-refractivity contribution in [2.24, 2.45) is 0 Å². The summed E-state index contributed by atoms with van der Waals surface area (Å²) < 4.78 is 40.6. The van der Waals surface area contributed by atoms with Gasteiger partial charge < -0.3 is 10.6 Å². The Morgan fingerprint density at radius 3 is 2.56 bits per heavy atom. The Morgan fingerprint density at radius 1 is 1.24 bits per heavy atom. The quantitative estimate of drug-likeness (QED) is 0.798. The number of rotatable bonds is 5. The molecule has 2 N–H and O–H groups in total. The van der Waals surface area contributed by atoms with E-state index in [4.69, 9.17) is 0 Å². The molecular formula is C16H17F3N4O2. The van der Waals surface area contributed by atoms with Crippen LogP contribution in [-0.2, 0) is 6.18 Å². The van der Waals surface area contributed by atoms with Crippen molar-refractivity contribution < 1.29 is 18.0 Å². The lowest BCUT2D eigenvalue weighted by Crippen LogP contribution is -2.35. The van der Waals surface area contributed by atoms with E-state index >= 15 is 0 Å². The molecular weight excluding hydrogens is 337 g/mol. The first kappa shape index (κ1) is 18.7. The number of aromatic nitrogens is 2. The monoisotopic (exact) mass is 354 g/mol. The molecule has 134 valence electrons. The SMILES string of the molecule is CNCCNC(=O)c1nn(-c2ccccc2C(F)(F)F)c(C)cc1=O. The highest BCUT2D eigenvalue weighted by molar-refractivity contribution is 5.92. The van der Waals surface area contributed by atoms with Crippen molar-refractivity contribution in [2.75, 3.05) is 20.1 Å². The van der Waals surface area contributed by atoms with Crippen molar-refractivity contribution in [2.45, 2.75) is 13.1 Å². The summed E-state index contributed by atoms with van der Waals surface area (Å²) in [4.78, 5) is 24.1. The summed E-state index contributed by atoms with van der Waals surface area (Å²) in [6, 6.07) is 5.93. The van der Waals surface area contributed by atoms with Crippen LogP contribution in [0.25, 0.3) is 5.69 Å². The zero-order chi connectivity index (χ0) is 18.6. The maximum atomic E-state index is 13.2. The second-order valence-corrected chi connectivity index (χ2v) is 5.28. The summed E-state index contributed by atoms with van der Waals surface area (Å²) in [6.45, 7) is 2.18. The summed E-state index contributed by atoms with van der Waals surface area (Å²) >= 11 is 0. The van der Waals surface area contributed by atoms with Crippen molar-refractivity contribution in [3.05, 3.63) is 57.5 Å². The van der Waals surface area contributed by atoms with Gasteiger partial charge in [0.2, 0.25) is 5.43 Å². The average Bonchev–Trinajstić information content (AvgIpc) is 2.54. The van der Waals surface area contributed by atoms with Crippen LogP contribution in [0.2, 0.25) is 0 Å². The van der Waals surface area contributed by atoms with Gasteiger partial charge in [-0.15, -0.1) is 0 Å². The topological polar surface area (TPSA) is 76.0 Å². The van der Waals surface area contributed by atoms with Crippen LogP contribution < -0.4 is 16.1 Å². The number of likely N-dealkylation sites (N-methyl/N-ethyl adjacent to an activating group) is 1. The van der Waals surface area contributed by atoms with Gasteiger partial charge in [-0.05, 0) is 26.1 Å². The summed E-state index contributed by atoms with van der Waals surface area (Å²) in [6.07, 6.45) is -4.59. The van der Waals surface area contributed by atoms with Gasteiger partial charge in [0, 0.05) is 24.8 Å². The lowest BCUT2D eigenvalue weighted by atomic mass is 10.1. The first-order chi connectivity index (χ1) is 11.8. The summed E-state index contributed by atoms with van der Waals surface area (Å²) in [7, 11) is 1.69. The number of carbonyl (C=O) groups excluding carboxylic acids is 1. The van der Waals surface area contributed by atoms with Crippen molar-refractivity contribution in [3.8, 4) is 5.69 Å². The second kappa shape index (κ2) is 7.47. The number of para-hydroxylation sites is 1. The number of carbonyl (C=O) groups is 1. The Bertz CT molecular complexity index is 831. The number of nitrogens with one attached hydrogen (secondary N) is 2. The van der Waals surface area contributed by atoms with Crippen molar-refractivity contribution in [1.82, 2.24) is 20.4 Å². The summed E-state index contributed by atoms with van der Waals surface area (Å²) in [5.41, 5.74) is -2.08. The summed E-state index contributed by atoms with van der Waals surface area (Å²) in [5.74, 6) is -0.738. The van der Waals surface area contributed by atoms with E-state index in [0.717, 1.165) is 16.8 Å². The molecule has 9 heteroatoms. The third kappa shape index (κ3) is 4.24. The molecule has 0 aliphatic rings. The van der Waals surface area contributed by atoms with Gasteiger partial charge in [-0.1, -0.05) is 12.1 Å². The van der Waals surface area contributed by atoms with Crippen LogP contribution in [-0.4, -0.2) is 35.8 Å². The predicted molar refractivity (Wildman–Crippen MR) is 85.8 cm³/mol. The molecule has 1 aromatic carbocycles. The highest BCUT2D eigenvalue weighted by atomic mass is 19.4. The van der Waals surface area contributed by atoms with E-state index in [2.05, 4.69) is 15.7 Å². The van der Waals surface area contributed by atoms with Crippen LogP contribution in [0.1, 0.15) is 21.7 Å². The van der Waals surface area contributed by atoms with Gasteiger partial charge in [0.05, 0.1) is 11.3 Å². The Morgan fingerprint density at radius 2 is 1.92 bits per heavy atom. The molecule has 1 aromatic heterocycles. The van der Waals surface area contributed by atoms with Gasteiger partial charge in [-0.3, -0.25) is 9.59 Å². The molecule has 2 aromatic rings. The Balaban J connectivity index is 2.52. The molecule has 1 heterocycles. The molecule has 1 amide bonds. The van der Waals surface area contributed by atoms with E-state index in [9.17, 15) is 22.8 Å². The Labute approximate surface area is 141 Å². The van der Waals surface area contributed by atoms with Gasteiger partial charge >= 0.3 is 6.18 Å². The molecule has 0 fully saturated rings. The molecule has 0 aliphatic heterocycles.